The fourth-order valence-corrected chi connectivity index (χ4v) is 4.46. The van der Waals surface area contributed by atoms with Crippen molar-refractivity contribution in [3.63, 3.8) is 0 Å². The van der Waals surface area contributed by atoms with E-state index in [4.69, 9.17) is 9.47 Å². The molecule has 1 saturated carbocycles. The first-order valence-corrected chi connectivity index (χ1v) is 11.1. The third-order valence-electron chi connectivity index (χ3n) is 5.42. The quantitative estimate of drug-likeness (QED) is 0.542. The molecule has 1 aliphatic rings. The number of hydrogen-bond donors (Lipinski definition) is 2. The molecule has 2 N–H and O–H groups in total. The number of carbonyl (C=O) groups excluding carboxylic acids is 2. The number of ether oxygens (including phenoxy) is 2. The van der Waals surface area contributed by atoms with E-state index in [0.717, 1.165) is 24.0 Å². The lowest BCUT2D eigenvalue weighted by Crippen LogP contribution is -2.31. The molecule has 168 valence electrons. The van der Waals surface area contributed by atoms with Gasteiger partial charge >= 0.3 is 0 Å². The van der Waals surface area contributed by atoms with E-state index in [1.54, 1.807) is 26.5 Å². The number of aryl methyl sites for hydroxylation is 2. The van der Waals surface area contributed by atoms with Gasteiger partial charge < -0.3 is 24.7 Å². The van der Waals surface area contributed by atoms with Crippen LogP contribution in [0.2, 0.25) is 0 Å². The zero-order valence-corrected chi connectivity index (χ0v) is 19.3. The first-order chi connectivity index (χ1) is 15.4. The summed E-state index contributed by atoms with van der Waals surface area (Å²) in [6.45, 7) is 1.86. The van der Waals surface area contributed by atoms with Crippen molar-refractivity contribution < 1.29 is 19.1 Å². The third kappa shape index (κ3) is 4.62. The molecule has 0 bridgehead atoms. The Balaban J connectivity index is 1.64. The highest BCUT2D eigenvalue weighted by Gasteiger charge is 2.30. The van der Waals surface area contributed by atoms with Crippen LogP contribution >= 0.6 is 11.3 Å². The Kier molecular flexibility index (Phi) is 6.18. The van der Waals surface area contributed by atoms with Gasteiger partial charge in [0.2, 0.25) is 5.91 Å². The molecule has 0 radical (unpaired) electrons. The minimum absolute atomic E-state index is 0.0209. The average molecular weight is 455 g/mol. The number of thiophene rings is 1. The number of nitrogens with zero attached hydrogens (tertiary/aromatic N) is 2. The molecule has 2 aromatic heterocycles. The molecule has 4 rings (SSSR count). The topological polar surface area (TPSA) is 94.5 Å². The second kappa shape index (κ2) is 9.04. The zero-order chi connectivity index (χ0) is 22.8. The van der Waals surface area contributed by atoms with Crippen molar-refractivity contribution in [3.05, 3.63) is 58.5 Å². The summed E-state index contributed by atoms with van der Waals surface area (Å²) in [6.07, 6.45) is 5.37. The fourth-order valence-electron chi connectivity index (χ4n) is 3.48. The van der Waals surface area contributed by atoms with E-state index in [2.05, 4.69) is 15.6 Å². The number of nitrogens with one attached hydrogen (secondary N) is 2. The molecule has 2 amide bonds. The summed E-state index contributed by atoms with van der Waals surface area (Å²) in [5.41, 5.74) is 1.58. The molecular weight excluding hydrogens is 428 g/mol. The van der Waals surface area contributed by atoms with E-state index in [9.17, 15) is 9.59 Å². The van der Waals surface area contributed by atoms with Crippen molar-refractivity contribution in [1.82, 2.24) is 14.9 Å². The smallest absolute Gasteiger partial charge is 0.262 e. The highest BCUT2D eigenvalue weighted by Crippen LogP contribution is 2.34. The monoisotopic (exact) mass is 454 g/mol. The maximum atomic E-state index is 13.3. The number of benzene rings is 1. The highest BCUT2D eigenvalue weighted by atomic mass is 32.1. The molecule has 1 fully saturated rings. The molecule has 2 heterocycles. The Morgan fingerprint density at radius 1 is 1.16 bits per heavy atom. The van der Waals surface area contributed by atoms with Crippen LogP contribution in [0.1, 0.15) is 45.5 Å². The first kappa shape index (κ1) is 21.9. The van der Waals surface area contributed by atoms with Gasteiger partial charge in [-0.3, -0.25) is 9.59 Å². The summed E-state index contributed by atoms with van der Waals surface area (Å²) < 4.78 is 12.7. The summed E-state index contributed by atoms with van der Waals surface area (Å²) in [5.74, 6) is 1.78. The molecule has 1 aliphatic carbocycles. The number of imidazole rings is 1. The van der Waals surface area contributed by atoms with Gasteiger partial charge in [0.25, 0.3) is 5.91 Å². The van der Waals surface area contributed by atoms with Gasteiger partial charge in [-0.1, -0.05) is 0 Å². The standard InChI is InChI=1S/C23H26N4O4S/c1-13-9-18(25-22(28)14-5-6-14)32-20(13)23(29)26-19(21-24-7-8-27(21)2)15-10-16(30-3)12-17(11-15)31-4/h7-12,14,19H,5-6H2,1-4H3,(H,25,28)(H,26,29)/t19-/m0/s1. The first-order valence-electron chi connectivity index (χ1n) is 10.3. The highest BCUT2D eigenvalue weighted by molar-refractivity contribution is 7.18. The fraction of sp³-hybridized carbons (Fsp3) is 0.348. The van der Waals surface area contributed by atoms with Crippen molar-refractivity contribution in [2.75, 3.05) is 19.5 Å². The molecule has 0 spiro atoms. The Bertz CT molecular complexity index is 1130. The van der Waals surface area contributed by atoms with Gasteiger partial charge in [-0.25, -0.2) is 4.98 Å². The Labute approximate surface area is 190 Å². The molecule has 0 unspecified atom stereocenters. The molecule has 32 heavy (non-hydrogen) atoms. The summed E-state index contributed by atoms with van der Waals surface area (Å²) in [6, 6.07) is 6.79. The van der Waals surface area contributed by atoms with Crippen molar-refractivity contribution in [3.8, 4) is 11.5 Å². The molecule has 0 saturated heterocycles. The van der Waals surface area contributed by atoms with E-state index in [0.29, 0.717) is 27.2 Å². The molecule has 1 aromatic carbocycles. The lowest BCUT2D eigenvalue weighted by atomic mass is 10.0. The van der Waals surface area contributed by atoms with Crippen LogP contribution in [0, 0.1) is 12.8 Å². The molecule has 3 aromatic rings. The second-order valence-electron chi connectivity index (χ2n) is 7.84. The van der Waals surface area contributed by atoms with Crippen LogP contribution < -0.4 is 20.1 Å². The summed E-state index contributed by atoms with van der Waals surface area (Å²) in [4.78, 5) is 30.4. The third-order valence-corrected chi connectivity index (χ3v) is 6.57. The number of rotatable bonds is 8. The van der Waals surface area contributed by atoms with Crippen LogP contribution in [-0.4, -0.2) is 35.6 Å². The van der Waals surface area contributed by atoms with Gasteiger partial charge in [-0.05, 0) is 49.1 Å². The predicted octanol–water partition coefficient (Wildman–Crippen LogP) is 3.68. The number of carbonyl (C=O) groups is 2. The van der Waals surface area contributed by atoms with E-state index in [1.807, 2.05) is 42.9 Å². The molecule has 9 heteroatoms. The Hall–Kier alpha value is -3.33. The summed E-state index contributed by atoms with van der Waals surface area (Å²) >= 11 is 1.27. The minimum atomic E-state index is -0.530. The van der Waals surface area contributed by atoms with Crippen molar-refractivity contribution in [2.24, 2.45) is 13.0 Å². The summed E-state index contributed by atoms with van der Waals surface area (Å²) in [5, 5.41) is 6.71. The van der Waals surface area contributed by atoms with Gasteiger partial charge in [-0.15, -0.1) is 11.3 Å². The maximum absolute atomic E-state index is 13.3. The van der Waals surface area contributed by atoms with Crippen LogP contribution in [-0.2, 0) is 11.8 Å². The van der Waals surface area contributed by atoms with Crippen LogP contribution in [0.5, 0.6) is 11.5 Å². The van der Waals surface area contributed by atoms with Crippen LogP contribution in [0.3, 0.4) is 0 Å². The van der Waals surface area contributed by atoms with Gasteiger partial charge in [0.05, 0.1) is 24.1 Å². The average Bonchev–Trinajstić information content (AvgIpc) is 3.46. The molecule has 8 nitrogen and oxygen atoms in total. The van der Waals surface area contributed by atoms with Crippen molar-refractivity contribution >= 4 is 28.2 Å². The minimum Gasteiger partial charge on any atom is -0.497 e. The number of aromatic nitrogens is 2. The SMILES string of the molecule is COc1cc(OC)cc([C@H](NC(=O)c2sc(NC(=O)C3CC3)cc2C)c2nccn2C)c1. The normalized spacial score (nSPS) is 14.0. The van der Waals surface area contributed by atoms with E-state index in [1.165, 1.54) is 11.3 Å². The molecule has 0 aliphatic heterocycles. The Morgan fingerprint density at radius 2 is 1.84 bits per heavy atom. The number of amides is 2. The van der Waals surface area contributed by atoms with Crippen molar-refractivity contribution in [1.29, 1.82) is 0 Å². The predicted molar refractivity (Wildman–Crippen MR) is 122 cm³/mol. The number of anilines is 1. The van der Waals surface area contributed by atoms with Gasteiger partial charge in [-0.2, -0.15) is 0 Å². The lowest BCUT2D eigenvalue weighted by Gasteiger charge is -2.20. The lowest BCUT2D eigenvalue weighted by molar-refractivity contribution is -0.117. The van der Waals surface area contributed by atoms with E-state index in [-0.39, 0.29) is 17.7 Å². The van der Waals surface area contributed by atoms with Gasteiger partial charge in [0.1, 0.15) is 23.4 Å². The van der Waals surface area contributed by atoms with Crippen molar-refractivity contribution in [2.45, 2.75) is 25.8 Å². The van der Waals surface area contributed by atoms with Gasteiger partial charge in [0, 0.05) is 31.4 Å². The van der Waals surface area contributed by atoms with Crippen LogP contribution in [0.15, 0.2) is 36.7 Å². The largest absolute Gasteiger partial charge is 0.497 e. The Morgan fingerprint density at radius 3 is 2.41 bits per heavy atom. The van der Waals surface area contributed by atoms with Crippen LogP contribution in [0.25, 0.3) is 0 Å². The summed E-state index contributed by atoms with van der Waals surface area (Å²) in [7, 11) is 5.04. The zero-order valence-electron chi connectivity index (χ0n) is 18.5. The van der Waals surface area contributed by atoms with E-state index < -0.39 is 6.04 Å². The molecule has 1 atom stereocenters. The van der Waals surface area contributed by atoms with E-state index >= 15 is 0 Å². The number of hydrogen-bond acceptors (Lipinski definition) is 6. The number of methoxy groups -OCH3 is 2. The van der Waals surface area contributed by atoms with Gasteiger partial charge in [0.15, 0.2) is 0 Å². The maximum Gasteiger partial charge on any atom is 0.262 e. The van der Waals surface area contributed by atoms with Crippen LogP contribution in [0.4, 0.5) is 5.00 Å². The second-order valence-corrected chi connectivity index (χ2v) is 8.89. The molecular formula is C23H26N4O4S.